The van der Waals surface area contributed by atoms with Crippen LogP contribution in [0.2, 0.25) is 0 Å². The summed E-state index contributed by atoms with van der Waals surface area (Å²) in [5.74, 6) is -0.211. The summed E-state index contributed by atoms with van der Waals surface area (Å²) in [6.45, 7) is 0.604. The molecule has 2 rings (SSSR count). The lowest BCUT2D eigenvalue weighted by Crippen LogP contribution is -2.03. The second-order valence-electron chi connectivity index (χ2n) is 3.85. The van der Waals surface area contributed by atoms with Gasteiger partial charge in [0.15, 0.2) is 0 Å². The molecule has 18 heavy (non-hydrogen) atoms. The smallest absolute Gasteiger partial charge is 0.124 e. The standard InChI is InChI=1S/C14H13BrFNS/c15-11-4-5-14(10(8-11)6-7-17)18-13-3-1-2-12(16)9-13/h1-5,8-9H,6-7,17H2. The van der Waals surface area contributed by atoms with Crippen LogP contribution in [0, 0.1) is 5.82 Å². The van der Waals surface area contributed by atoms with Crippen molar-refractivity contribution in [2.24, 2.45) is 5.73 Å². The van der Waals surface area contributed by atoms with Crippen molar-refractivity contribution in [1.82, 2.24) is 0 Å². The fraction of sp³-hybridized carbons (Fsp3) is 0.143. The lowest BCUT2D eigenvalue weighted by Gasteiger charge is -2.09. The maximum atomic E-state index is 13.1. The quantitative estimate of drug-likeness (QED) is 0.909. The molecular weight excluding hydrogens is 313 g/mol. The molecule has 0 aliphatic rings. The molecule has 2 aromatic carbocycles. The molecule has 0 aliphatic heterocycles. The van der Waals surface area contributed by atoms with E-state index < -0.39 is 0 Å². The molecular formula is C14H13BrFNS. The monoisotopic (exact) mass is 325 g/mol. The predicted molar refractivity (Wildman–Crippen MR) is 77.4 cm³/mol. The van der Waals surface area contributed by atoms with E-state index in [1.54, 1.807) is 23.9 Å². The van der Waals surface area contributed by atoms with Gasteiger partial charge in [0.2, 0.25) is 0 Å². The highest BCUT2D eigenvalue weighted by molar-refractivity contribution is 9.10. The number of rotatable bonds is 4. The molecule has 0 atom stereocenters. The van der Waals surface area contributed by atoms with E-state index in [4.69, 9.17) is 5.73 Å². The Hall–Kier alpha value is -0.840. The molecule has 94 valence electrons. The summed E-state index contributed by atoms with van der Waals surface area (Å²) in [5.41, 5.74) is 6.79. The van der Waals surface area contributed by atoms with E-state index in [1.165, 1.54) is 11.6 Å². The third-order valence-corrected chi connectivity index (χ3v) is 4.06. The first-order valence-electron chi connectivity index (χ1n) is 5.61. The molecule has 0 bridgehead atoms. The molecule has 0 aliphatic carbocycles. The molecule has 0 radical (unpaired) electrons. The zero-order valence-electron chi connectivity index (χ0n) is 9.70. The van der Waals surface area contributed by atoms with Crippen LogP contribution in [-0.4, -0.2) is 6.54 Å². The summed E-state index contributed by atoms with van der Waals surface area (Å²) >= 11 is 5.01. The Balaban J connectivity index is 2.28. The topological polar surface area (TPSA) is 26.0 Å². The molecule has 0 saturated carbocycles. The van der Waals surface area contributed by atoms with E-state index >= 15 is 0 Å². The van der Waals surface area contributed by atoms with Gasteiger partial charge in [0.05, 0.1) is 0 Å². The van der Waals surface area contributed by atoms with Crippen molar-refractivity contribution in [3.05, 3.63) is 58.3 Å². The number of benzene rings is 2. The van der Waals surface area contributed by atoms with E-state index in [1.807, 2.05) is 18.2 Å². The molecule has 0 unspecified atom stereocenters. The average Bonchev–Trinajstić information content (AvgIpc) is 2.33. The zero-order valence-corrected chi connectivity index (χ0v) is 12.1. The summed E-state index contributed by atoms with van der Waals surface area (Å²) in [4.78, 5) is 2.02. The summed E-state index contributed by atoms with van der Waals surface area (Å²) in [7, 11) is 0. The number of hydrogen-bond donors (Lipinski definition) is 1. The molecule has 0 amide bonds. The Morgan fingerprint density at radius 2 is 2.00 bits per heavy atom. The van der Waals surface area contributed by atoms with Gasteiger partial charge in [0.25, 0.3) is 0 Å². The van der Waals surface area contributed by atoms with E-state index in [0.717, 1.165) is 20.7 Å². The summed E-state index contributed by atoms with van der Waals surface area (Å²) in [6.07, 6.45) is 0.817. The van der Waals surface area contributed by atoms with Gasteiger partial charge < -0.3 is 5.73 Å². The molecule has 1 nitrogen and oxygen atoms in total. The zero-order chi connectivity index (χ0) is 13.0. The number of hydrogen-bond acceptors (Lipinski definition) is 2. The number of nitrogens with two attached hydrogens (primary N) is 1. The van der Waals surface area contributed by atoms with E-state index in [-0.39, 0.29) is 5.82 Å². The number of halogens is 2. The predicted octanol–water partition coefficient (Wildman–Crippen LogP) is 4.24. The van der Waals surface area contributed by atoms with Crippen LogP contribution in [-0.2, 0) is 6.42 Å². The Morgan fingerprint density at radius 1 is 1.17 bits per heavy atom. The molecule has 4 heteroatoms. The van der Waals surface area contributed by atoms with Crippen LogP contribution in [0.15, 0.2) is 56.7 Å². The largest absolute Gasteiger partial charge is 0.330 e. The van der Waals surface area contributed by atoms with Gasteiger partial charge in [0, 0.05) is 14.3 Å². The van der Waals surface area contributed by atoms with Crippen molar-refractivity contribution in [3.63, 3.8) is 0 Å². The fourth-order valence-electron chi connectivity index (χ4n) is 1.66. The lowest BCUT2D eigenvalue weighted by atomic mass is 10.1. The first kappa shape index (κ1) is 13.6. The van der Waals surface area contributed by atoms with Gasteiger partial charge in [-0.25, -0.2) is 4.39 Å². The van der Waals surface area contributed by atoms with Crippen molar-refractivity contribution in [3.8, 4) is 0 Å². The van der Waals surface area contributed by atoms with Gasteiger partial charge in [-0.05, 0) is 54.9 Å². The minimum Gasteiger partial charge on any atom is -0.330 e. The Bertz CT molecular complexity index is 545. The Morgan fingerprint density at radius 3 is 2.72 bits per heavy atom. The van der Waals surface area contributed by atoms with Crippen LogP contribution < -0.4 is 5.73 Å². The van der Waals surface area contributed by atoms with Crippen LogP contribution in [0.1, 0.15) is 5.56 Å². The third-order valence-electron chi connectivity index (χ3n) is 2.46. The van der Waals surface area contributed by atoms with E-state index in [2.05, 4.69) is 22.0 Å². The highest BCUT2D eigenvalue weighted by Crippen LogP contribution is 2.32. The van der Waals surface area contributed by atoms with Crippen LogP contribution in [0.4, 0.5) is 4.39 Å². The van der Waals surface area contributed by atoms with Crippen LogP contribution >= 0.6 is 27.7 Å². The Labute approximate surface area is 119 Å². The Kier molecular flexibility index (Phi) is 4.80. The van der Waals surface area contributed by atoms with Crippen molar-refractivity contribution in [2.75, 3.05) is 6.54 Å². The van der Waals surface area contributed by atoms with Gasteiger partial charge in [0.1, 0.15) is 5.82 Å². The van der Waals surface area contributed by atoms with Crippen LogP contribution in [0.25, 0.3) is 0 Å². The summed E-state index contributed by atoms with van der Waals surface area (Å²) < 4.78 is 14.2. The average molecular weight is 326 g/mol. The fourth-order valence-corrected chi connectivity index (χ4v) is 3.06. The third kappa shape index (κ3) is 3.57. The van der Waals surface area contributed by atoms with Crippen molar-refractivity contribution in [2.45, 2.75) is 16.2 Å². The maximum absolute atomic E-state index is 13.1. The molecule has 2 aromatic rings. The second kappa shape index (κ2) is 6.36. The van der Waals surface area contributed by atoms with E-state index in [9.17, 15) is 4.39 Å². The summed E-state index contributed by atoms with van der Waals surface area (Å²) in [6, 6.07) is 12.7. The van der Waals surface area contributed by atoms with Gasteiger partial charge in [-0.2, -0.15) is 0 Å². The molecule has 0 spiro atoms. The first-order valence-corrected chi connectivity index (χ1v) is 7.22. The minimum absolute atomic E-state index is 0.211. The minimum atomic E-state index is -0.211. The normalized spacial score (nSPS) is 10.6. The van der Waals surface area contributed by atoms with Crippen LogP contribution in [0.3, 0.4) is 0 Å². The second-order valence-corrected chi connectivity index (χ2v) is 5.88. The molecule has 0 heterocycles. The molecule has 0 fully saturated rings. The lowest BCUT2D eigenvalue weighted by molar-refractivity contribution is 0.624. The highest BCUT2D eigenvalue weighted by atomic mass is 79.9. The summed E-state index contributed by atoms with van der Waals surface area (Å²) in [5, 5.41) is 0. The van der Waals surface area contributed by atoms with Gasteiger partial charge in [-0.15, -0.1) is 0 Å². The van der Waals surface area contributed by atoms with Crippen molar-refractivity contribution in [1.29, 1.82) is 0 Å². The SMILES string of the molecule is NCCc1cc(Br)ccc1Sc1cccc(F)c1. The molecule has 0 aromatic heterocycles. The molecule has 2 N–H and O–H groups in total. The molecule has 0 saturated heterocycles. The van der Waals surface area contributed by atoms with Gasteiger partial charge >= 0.3 is 0 Å². The van der Waals surface area contributed by atoms with Crippen molar-refractivity contribution < 1.29 is 4.39 Å². The van der Waals surface area contributed by atoms with Crippen LogP contribution in [0.5, 0.6) is 0 Å². The first-order chi connectivity index (χ1) is 8.69. The van der Waals surface area contributed by atoms with E-state index in [0.29, 0.717) is 6.54 Å². The van der Waals surface area contributed by atoms with Gasteiger partial charge in [-0.3, -0.25) is 0 Å². The maximum Gasteiger partial charge on any atom is 0.124 e. The van der Waals surface area contributed by atoms with Crippen molar-refractivity contribution >= 4 is 27.7 Å². The van der Waals surface area contributed by atoms with Gasteiger partial charge in [-0.1, -0.05) is 33.8 Å². The highest BCUT2D eigenvalue weighted by Gasteiger charge is 2.05.